The Morgan fingerprint density at radius 1 is 1.24 bits per heavy atom. The van der Waals surface area contributed by atoms with Gasteiger partial charge < -0.3 is 14.4 Å². The van der Waals surface area contributed by atoms with E-state index in [-0.39, 0.29) is 17.6 Å². The molecule has 1 heterocycles. The number of carbonyl (C=O) groups is 1. The summed E-state index contributed by atoms with van der Waals surface area (Å²) in [5, 5.41) is 0. The van der Waals surface area contributed by atoms with Gasteiger partial charge in [-0.05, 0) is 29.7 Å². The van der Waals surface area contributed by atoms with Crippen LogP contribution in [-0.4, -0.2) is 43.7 Å². The van der Waals surface area contributed by atoms with Gasteiger partial charge in [0.1, 0.15) is 5.75 Å². The van der Waals surface area contributed by atoms with Gasteiger partial charge in [-0.1, -0.05) is 13.8 Å². The number of nitrogens with zero attached hydrogens (tertiary/aromatic N) is 1. The second-order valence-corrected chi connectivity index (χ2v) is 5.23. The van der Waals surface area contributed by atoms with Crippen LogP contribution in [0.5, 0.6) is 5.75 Å². The number of morpholine rings is 1. The molecule has 0 aromatic heterocycles. The average Bonchev–Trinajstić information content (AvgIpc) is 2.46. The Balaban J connectivity index is 2.27. The van der Waals surface area contributed by atoms with E-state index in [9.17, 15) is 13.6 Å². The van der Waals surface area contributed by atoms with Crippen LogP contribution in [-0.2, 0) is 4.74 Å². The zero-order valence-corrected chi connectivity index (χ0v) is 12.1. The summed E-state index contributed by atoms with van der Waals surface area (Å²) >= 11 is 0. The van der Waals surface area contributed by atoms with Crippen LogP contribution in [0.25, 0.3) is 0 Å². The van der Waals surface area contributed by atoms with Crippen LogP contribution in [0, 0.1) is 0 Å². The lowest BCUT2D eigenvalue weighted by molar-refractivity contribution is -0.0499. The minimum absolute atomic E-state index is 0.0211. The molecule has 0 unspecified atom stereocenters. The standard InChI is InChI=1S/C15H19F2NO3/c1-10(2)11-7-12(9-13(8-11)21-15(16)17)14(19)18-3-5-20-6-4-18/h7-10,15H,3-6H2,1-2H3. The summed E-state index contributed by atoms with van der Waals surface area (Å²) in [5.41, 5.74) is 1.17. The third-order valence-corrected chi connectivity index (χ3v) is 3.37. The lowest BCUT2D eigenvalue weighted by Gasteiger charge is -2.27. The molecular formula is C15H19F2NO3. The molecule has 1 aliphatic heterocycles. The van der Waals surface area contributed by atoms with Crippen molar-refractivity contribution in [1.29, 1.82) is 0 Å². The van der Waals surface area contributed by atoms with Gasteiger partial charge in [0.05, 0.1) is 13.2 Å². The van der Waals surface area contributed by atoms with Crippen LogP contribution in [0.2, 0.25) is 0 Å². The second kappa shape index (κ2) is 6.85. The fourth-order valence-corrected chi connectivity index (χ4v) is 2.20. The van der Waals surface area contributed by atoms with Crippen LogP contribution in [0.3, 0.4) is 0 Å². The Labute approximate surface area is 122 Å². The van der Waals surface area contributed by atoms with Crippen LogP contribution in [0.15, 0.2) is 18.2 Å². The molecule has 4 nitrogen and oxygen atoms in total. The zero-order valence-electron chi connectivity index (χ0n) is 12.1. The number of amides is 1. The molecule has 0 N–H and O–H groups in total. The molecule has 116 valence electrons. The van der Waals surface area contributed by atoms with E-state index in [4.69, 9.17) is 4.74 Å². The molecule has 1 aliphatic rings. The van der Waals surface area contributed by atoms with E-state index in [1.54, 1.807) is 17.0 Å². The number of rotatable bonds is 4. The first kappa shape index (κ1) is 15.7. The Morgan fingerprint density at radius 3 is 2.48 bits per heavy atom. The molecule has 0 atom stereocenters. The molecule has 2 rings (SSSR count). The SMILES string of the molecule is CC(C)c1cc(OC(F)F)cc(C(=O)N2CCOCC2)c1. The molecule has 1 saturated heterocycles. The molecule has 1 aromatic carbocycles. The number of hydrogen-bond acceptors (Lipinski definition) is 3. The fraction of sp³-hybridized carbons (Fsp3) is 0.533. The van der Waals surface area contributed by atoms with E-state index >= 15 is 0 Å². The van der Waals surface area contributed by atoms with Gasteiger partial charge in [0, 0.05) is 18.7 Å². The van der Waals surface area contributed by atoms with Crippen LogP contribution in [0.1, 0.15) is 35.7 Å². The van der Waals surface area contributed by atoms with Gasteiger partial charge in [-0.25, -0.2) is 0 Å². The van der Waals surface area contributed by atoms with Crippen LogP contribution >= 0.6 is 0 Å². The Kier molecular flexibility index (Phi) is 5.12. The molecule has 0 radical (unpaired) electrons. The normalized spacial score (nSPS) is 15.6. The topological polar surface area (TPSA) is 38.8 Å². The lowest BCUT2D eigenvalue weighted by Crippen LogP contribution is -2.40. The molecule has 0 aliphatic carbocycles. The van der Waals surface area contributed by atoms with Crippen molar-refractivity contribution in [2.24, 2.45) is 0 Å². The fourth-order valence-electron chi connectivity index (χ4n) is 2.20. The smallest absolute Gasteiger partial charge is 0.387 e. The average molecular weight is 299 g/mol. The molecule has 1 amide bonds. The van der Waals surface area contributed by atoms with E-state index in [0.29, 0.717) is 31.9 Å². The maximum Gasteiger partial charge on any atom is 0.387 e. The Bertz CT molecular complexity index is 500. The van der Waals surface area contributed by atoms with Gasteiger partial charge in [0.15, 0.2) is 0 Å². The summed E-state index contributed by atoms with van der Waals surface area (Å²) in [6.07, 6.45) is 0. The summed E-state index contributed by atoms with van der Waals surface area (Å²) in [4.78, 5) is 14.1. The van der Waals surface area contributed by atoms with Crippen molar-refractivity contribution >= 4 is 5.91 Å². The largest absolute Gasteiger partial charge is 0.435 e. The van der Waals surface area contributed by atoms with E-state index in [1.165, 1.54) is 6.07 Å². The molecule has 1 aromatic rings. The van der Waals surface area contributed by atoms with E-state index < -0.39 is 6.61 Å². The predicted octanol–water partition coefficient (Wildman–Crippen LogP) is 2.88. The summed E-state index contributed by atoms with van der Waals surface area (Å²) < 4.78 is 34.5. The van der Waals surface area contributed by atoms with Crippen LogP contribution < -0.4 is 4.74 Å². The third-order valence-electron chi connectivity index (χ3n) is 3.37. The molecule has 0 spiro atoms. The molecule has 0 bridgehead atoms. The summed E-state index contributed by atoms with van der Waals surface area (Å²) in [6, 6.07) is 4.66. The van der Waals surface area contributed by atoms with Gasteiger partial charge in [-0.2, -0.15) is 8.78 Å². The number of halogens is 2. The van der Waals surface area contributed by atoms with E-state index in [0.717, 1.165) is 5.56 Å². The first-order valence-corrected chi connectivity index (χ1v) is 6.94. The lowest BCUT2D eigenvalue weighted by atomic mass is 9.99. The minimum atomic E-state index is -2.90. The van der Waals surface area contributed by atoms with Gasteiger partial charge >= 0.3 is 6.61 Å². The van der Waals surface area contributed by atoms with E-state index in [2.05, 4.69) is 4.74 Å². The Hall–Kier alpha value is -1.69. The summed E-state index contributed by atoms with van der Waals surface area (Å²) in [5.74, 6) is -0.0461. The van der Waals surface area contributed by atoms with Crippen molar-refractivity contribution in [3.05, 3.63) is 29.3 Å². The van der Waals surface area contributed by atoms with Gasteiger partial charge in [-0.3, -0.25) is 4.79 Å². The van der Waals surface area contributed by atoms with Crippen molar-refractivity contribution in [3.63, 3.8) is 0 Å². The third kappa shape index (κ3) is 4.14. The van der Waals surface area contributed by atoms with Crippen molar-refractivity contribution < 1.29 is 23.0 Å². The first-order chi connectivity index (χ1) is 9.97. The maximum absolute atomic E-state index is 12.4. The van der Waals surface area contributed by atoms with Gasteiger partial charge in [0.25, 0.3) is 5.91 Å². The summed E-state index contributed by atoms with van der Waals surface area (Å²) in [7, 11) is 0. The van der Waals surface area contributed by atoms with Crippen molar-refractivity contribution in [2.45, 2.75) is 26.4 Å². The van der Waals surface area contributed by atoms with Gasteiger partial charge in [-0.15, -0.1) is 0 Å². The molecule has 0 saturated carbocycles. The first-order valence-electron chi connectivity index (χ1n) is 6.94. The van der Waals surface area contributed by atoms with E-state index in [1.807, 2.05) is 13.8 Å². The molecule has 21 heavy (non-hydrogen) atoms. The van der Waals surface area contributed by atoms with Crippen molar-refractivity contribution in [1.82, 2.24) is 4.90 Å². The second-order valence-electron chi connectivity index (χ2n) is 5.23. The van der Waals surface area contributed by atoms with Crippen molar-refractivity contribution in [3.8, 4) is 5.75 Å². The monoisotopic (exact) mass is 299 g/mol. The zero-order chi connectivity index (χ0) is 15.4. The van der Waals surface area contributed by atoms with Crippen LogP contribution in [0.4, 0.5) is 8.78 Å². The predicted molar refractivity (Wildman–Crippen MR) is 73.9 cm³/mol. The highest BCUT2D eigenvalue weighted by molar-refractivity contribution is 5.95. The number of carbonyl (C=O) groups excluding carboxylic acids is 1. The highest BCUT2D eigenvalue weighted by Gasteiger charge is 2.20. The number of hydrogen-bond donors (Lipinski definition) is 0. The van der Waals surface area contributed by atoms with Crippen molar-refractivity contribution in [2.75, 3.05) is 26.3 Å². The quantitative estimate of drug-likeness (QED) is 0.858. The summed E-state index contributed by atoms with van der Waals surface area (Å²) in [6.45, 7) is 2.98. The number of benzene rings is 1. The molecule has 1 fully saturated rings. The Morgan fingerprint density at radius 2 is 1.90 bits per heavy atom. The number of ether oxygens (including phenoxy) is 2. The minimum Gasteiger partial charge on any atom is -0.435 e. The molecule has 6 heteroatoms. The highest BCUT2D eigenvalue weighted by atomic mass is 19.3. The van der Waals surface area contributed by atoms with Gasteiger partial charge in [0.2, 0.25) is 0 Å². The highest BCUT2D eigenvalue weighted by Crippen LogP contribution is 2.25. The number of alkyl halides is 2. The molecular weight excluding hydrogens is 280 g/mol. The maximum atomic E-state index is 12.4.